The molecule has 3 aromatic rings. The van der Waals surface area contributed by atoms with E-state index in [1.165, 1.54) is 21.3 Å². The molecule has 5 aliphatic heterocycles. The van der Waals surface area contributed by atoms with Crippen LogP contribution in [-0.4, -0.2) is 122 Å². The van der Waals surface area contributed by atoms with Crippen molar-refractivity contribution in [1.29, 1.82) is 0 Å². The lowest BCUT2D eigenvalue weighted by molar-refractivity contribution is -0.189. The lowest BCUT2D eigenvalue weighted by Crippen LogP contribution is -2.72. The zero-order chi connectivity index (χ0) is 41.8. The number of rotatable bonds is 7. The molecular formula is C46H56N4O9. The Kier molecular flexibility index (Phi) is 9.47. The van der Waals surface area contributed by atoms with Crippen molar-refractivity contribution < 1.29 is 43.5 Å². The van der Waals surface area contributed by atoms with Crippen molar-refractivity contribution in [2.24, 2.45) is 33.1 Å². The SMILES string of the molecule is C/C=C1/CN(C)[C@H]2Cc3c([nH]c4ccccc34)[C@H](c3cc4c(cc3OC)N=C3[C@]5(C(=O)OC)C[C@]6(C(=O)OC)C[C@H](CC)[C@@H]5N(CC[C@@]34O)C6)C[C@H]1[C@]2(CO)C(=O)OC. The normalized spacial score (nSPS) is 36.4. The van der Waals surface area contributed by atoms with E-state index in [0.717, 1.165) is 39.7 Å². The molecular weight excluding hydrogens is 753 g/mol. The zero-order valence-electron chi connectivity index (χ0n) is 35.1. The Morgan fingerprint density at radius 1 is 1.05 bits per heavy atom. The van der Waals surface area contributed by atoms with E-state index in [2.05, 4.69) is 39.9 Å². The molecule has 2 aromatic carbocycles. The third-order valence-corrected chi connectivity index (χ3v) is 15.7. The molecule has 13 heteroatoms. The van der Waals surface area contributed by atoms with E-state index in [4.69, 9.17) is 23.9 Å². The van der Waals surface area contributed by atoms with E-state index < -0.39 is 52.2 Å². The second kappa shape index (κ2) is 14.0. The number of ether oxygens (including phenoxy) is 4. The zero-order valence-corrected chi connectivity index (χ0v) is 35.1. The predicted octanol–water partition coefficient (Wildman–Crippen LogP) is 4.78. The Morgan fingerprint density at radius 3 is 2.47 bits per heavy atom. The summed E-state index contributed by atoms with van der Waals surface area (Å²) in [5, 5.41) is 25.9. The van der Waals surface area contributed by atoms with E-state index in [1.807, 2.05) is 38.2 Å². The topological polar surface area (TPSA) is 163 Å². The molecule has 4 saturated heterocycles. The number of nitrogens with one attached hydrogen (secondary N) is 1. The van der Waals surface area contributed by atoms with Gasteiger partial charge in [-0.3, -0.25) is 29.2 Å². The Bertz CT molecular complexity index is 2320. The van der Waals surface area contributed by atoms with Gasteiger partial charge in [0.05, 0.1) is 51.9 Å². The molecule has 59 heavy (non-hydrogen) atoms. The van der Waals surface area contributed by atoms with E-state index in [1.54, 1.807) is 7.11 Å². The van der Waals surface area contributed by atoms with Gasteiger partial charge in [-0.15, -0.1) is 0 Å². The van der Waals surface area contributed by atoms with Crippen molar-refractivity contribution >= 4 is 40.2 Å². The van der Waals surface area contributed by atoms with Gasteiger partial charge in [-0.1, -0.05) is 43.2 Å². The van der Waals surface area contributed by atoms with Gasteiger partial charge in [-0.2, -0.15) is 0 Å². The maximum absolute atomic E-state index is 14.6. The molecule has 2 aliphatic carbocycles. The summed E-state index contributed by atoms with van der Waals surface area (Å²) >= 11 is 0. The van der Waals surface area contributed by atoms with Crippen LogP contribution in [-0.2, 0) is 40.6 Å². The maximum atomic E-state index is 14.6. The summed E-state index contributed by atoms with van der Waals surface area (Å²) in [6, 6.07) is 11.3. The fourth-order valence-electron chi connectivity index (χ4n) is 13.3. The number of aromatic nitrogens is 1. The second-order valence-corrected chi connectivity index (χ2v) is 18.0. The first-order valence-electron chi connectivity index (χ1n) is 21.0. The predicted molar refractivity (Wildman–Crippen MR) is 220 cm³/mol. The smallest absolute Gasteiger partial charge is 0.319 e. The third-order valence-electron chi connectivity index (χ3n) is 15.7. The van der Waals surface area contributed by atoms with E-state index in [-0.39, 0.29) is 36.8 Å². The fraction of sp³-hybridized carbons (Fsp3) is 0.565. The average molecular weight is 809 g/mol. The van der Waals surface area contributed by atoms with Crippen LogP contribution >= 0.6 is 0 Å². The monoisotopic (exact) mass is 808 g/mol. The van der Waals surface area contributed by atoms with Crippen LogP contribution in [0.25, 0.3) is 10.9 Å². The summed E-state index contributed by atoms with van der Waals surface area (Å²) in [6.07, 6.45) is 4.61. The number of aliphatic hydroxyl groups excluding tert-OH is 1. The van der Waals surface area contributed by atoms with E-state index in [0.29, 0.717) is 61.6 Å². The Balaban J connectivity index is 1.27. The highest BCUT2D eigenvalue weighted by Gasteiger charge is 2.73. The number of methoxy groups -OCH3 is 4. The number of carbonyl (C=O) groups excluding carboxylic acids is 3. The van der Waals surface area contributed by atoms with Crippen LogP contribution in [0.4, 0.5) is 5.69 Å². The van der Waals surface area contributed by atoms with Crippen LogP contribution < -0.4 is 4.74 Å². The van der Waals surface area contributed by atoms with Crippen LogP contribution in [0.5, 0.6) is 5.75 Å². The van der Waals surface area contributed by atoms with Gasteiger partial charge in [-0.25, -0.2) is 0 Å². The van der Waals surface area contributed by atoms with Crippen molar-refractivity contribution in [2.75, 3.05) is 61.7 Å². The molecule has 13 nitrogen and oxygen atoms in total. The molecule has 1 unspecified atom stereocenters. The van der Waals surface area contributed by atoms with Gasteiger partial charge in [0.25, 0.3) is 0 Å². The molecule has 6 bridgehead atoms. The largest absolute Gasteiger partial charge is 0.496 e. The molecule has 10 atom stereocenters. The summed E-state index contributed by atoms with van der Waals surface area (Å²) in [6.45, 7) is 5.11. The number of fused-ring (bicyclic) bond motifs is 9. The number of benzene rings is 2. The van der Waals surface area contributed by atoms with Crippen molar-refractivity contribution in [3.63, 3.8) is 0 Å². The van der Waals surface area contributed by atoms with Crippen LogP contribution in [0, 0.1) is 28.1 Å². The van der Waals surface area contributed by atoms with Crippen molar-refractivity contribution in [3.8, 4) is 5.75 Å². The summed E-state index contributed by atoms with van der Waals surface area (Å²) in [5.74, 6) is -1.65. The number of allylic oxidation sites excluding steroid dienone is 1. The number of likely N-dealkylation sites (tertiary alicyclic amines) is 1. The molecule has 1 saturated carbocycles. The minimum absolute atomic E-state index is 0.0503. The molecule has 1 aromatic heterocycles. The Morgan fingerprint density at radius 2 is 1.80 bits per heavy atom. The van der Waals surface area contributed by atoms with Gasteiger partial charge in [0.2, 0.25) is 0 Å². The molecule has 0 radical (unpaired) electrons. The number of likely N-dealkylation sites (N-methyl/N-ethyl adjacent to an activating group) is 1. The summed E-state index contributed by atoms with van der Waals surface area (Å²) in [5.41, 5.74) is 0.793. The fourth-order valence-corrected chi connectivity index (χ4v) is 13.3. The first-order chi connectivity index (χ1) is 28.4. The third kappa shape index (κ3) is 5.17. The summed E-state index contributed by atoms with van der Waals surface area (Å²) < 4.78 is 22.9. The van der Waals surface area contributed by atoms with Gasteiger partial charge in [0.15, 0.2) is 0 Å². The number of esters is 3. The Labute approximate surface area is 344 Å². The summed E-state index contributed by atoms with van der Waals surface area (Å²) in [4.78, 5) is 56.1. The molecule has 3 N–H and O–H groups in total. The average Bonchev–Trinajstić information content (AvgIpc) is 3.74. The Hall–Kier alpha value is -4.56. The molecule has 314 valence electrons. The second-order valence-electron chi connectivity index (χ2n) is 18.0. The van der Waals surface area contributed by atoms with Crippen molar-refractivity contribution in [3.05, 3.63) is 70.4 Å². The molecule has 6 heterocycles. The van der Waals surface area contributed by atoms with Crippen molar-refractivity contribution in [2.45, 2.75) is 76.0 Å². The number of H-pyrrole nitrogens is 1. The quantitative estimate of drug-likeness (QED) is 0.171. The minimum Gasteiger partial charge on any atom is -0.496 e. The highest BCUT2D eigenvalue weighted by molar-refractivity contribution is 6.16. The first kappa shape index (κ1) is 39.9. The first-order valence-corrected chi connectivity index (χ1v) is 21.0. The molecule has 10 rings (SSSR count). The highest BCUT2D eigenvalue weighted by Crippen LogP contribution is 2.64. The van der Waals surface area contributed by atoms with Crippen LogP contribution in [0.1, 0.15) is 74.3 Å². The number of aliphatic hydroxyl groups is 2. The van der Waals surface area contributed by atoms with E-state index in [9.17, 15) is 24.6 Å². The van der Waals surface area contributed by atoms with Crippen molar-refractivity contribution in [1.82, 2.24) is 14.8 Å². The molecule has 5 fully saturated rings. The number of para-hydroxylation sites is 1. The lowest BCUT2D eigenvalue weighted by Gasteiger charge is -2.61. The molecule has 0 spiro atoms. The van der Waals surface area contributed by atoms with Gasteiger partial charge in [-0.05, 0) is 69.7 Å². The maximum Gasteiger partial charge on any atom is 0.319 e. The minimum atomic E-state index is -1.68. The van der Waals surface area contributed by atoms with Crippen LogP contribution in [0.2, 0.25) is 0 Å². The van der Waals surface area contributed by atoms with Gasteiger partial charge < -0.3 is 34.1 Å². The van der Waals surface area contributed by atoms with E-state index >= 15 is 0 Å². The number of carbonyl (C=O) groups is 3. The van der Waals surface area contributed by atoms with Gasteiger partial charge >= 0.3 is 17.9 Å². The van der Waals surface area contributed by atoms with Crippen LogP contribution in [0.3, 0.4) is 0 Å². The number of hydrogen-bond donors (Lipinski definition) is 3. The number of aliphatic imine (C=N–C) groups is 1. The standard InChI is InChI=1S/C46H56N4O9/c1-8-25-20-43(40(52)57-5)22-44(41(53)58-6)38(25)50(23-43)15-14-46(55)32-16-28(35(56-4)19-34(32)48-39(44)46)29-17-31-26(9-2)21-49(3)36(45(31,24-51)42(54)59-7)18-30-27-12-10-11-13-33(27)47-37(29)30/h9-13,16,19,25,29,31,36,38,47,51,55H,8,14-15,17-18,20-24H2,1-7H3/b26-9-/t25-,29-,31+,36-,38-,43+,44-,45-,46-/m0/s1. The van der Waals surface area contributed by atoms with Gasteiger partial charge in [0, 0.05) is 77.3 Å². The highest BCUT2D eigenvalue weighted by atomic mass is 16.5. The summed E-state index contributed by atoms with van der Waals surface area (Å²) in [7, 11) is 7.77. The molecule has 7 aliphatic rings. The molecule has 0 amide bonds. The lowest BCUT2D eigenvalue weighted by atomic mass is 9.49. The van der Waals surface area contributed by atoms with Gasteiger partial charge in [0.1, 0.15) is 22.2 Å². The number of piperidine rings is 3. The van der Waals surface area contributed by atoms with Crippen LogP contribution in [0.15, 0.2) is 53.0 Å². The number of nitrogens with zero attached hydrogens (tertiary/aromatic N) is 3. The number of aromatic amines is 1. The number of hydrogen-bond acceptors (Lipinski definition) is 12.